The third-order valence-electron chi connectivity index (χ3n) is 7.92. The Morgan fingerprint density at radius 3 is 2.33 bits per heavy atom. The normalized spacial score (nSPS) is 16.7. The maximum Gasteiger partial charge on any atom is 0.400 e. The van der Waals surface area contributed by atoms with Crippen molar-refractivity contribution in [3.8, 4) is 11.5 Å². The zero-order valence-corrected chi connectivity index (χ0v) is 24.5. The molecule has 0 aliphatic carbocycles. The molecule has 204 valence electrons. The molecular weight excluding hydrogens is 701 g/mol. The molecule has 0 radical (unpaired) electrons. The van der Waals surface area contributed by atoms with Crippen LogP contribution in [0.2, 0.25) is 0 Å². The number of anilines is 7. The van der Waals surface area contributed by atoms with Crippen LogP contribution in [-0.4, -0.2) is 18.9 Å². The number of benzene rings is 3. The van der Waals surface area contributed by atoms with Crippen molar-refractivity contribution in [3.05, 3.63) is 140 Å². The fourth-order valence-corrected chi connectivity index (χ4v) is 6.12. The summed E-state index contributed by atoms with van der Waals surface area (Å²) in [5, 5.41) is 0. The van der Waals surface area contributed by atoms with Gasteiger partial charge in [0.1, 0.15) is 11.6 Å². The van der Waals surface area contributed by atoms with E-state index < -0.39 is 0 Å². The first-order chi connectivity index (χ1) is 20.3. The number of allylic oxidation sites excluding steroid dienone is 4. The van der Waals surface area contributed by atoms with Gasteiger partial charge >= 0.3 is 14.0 Å². The minimum atomic E-state index is -0.126. The van der Waals surface area contributed by atoms with Crippen LogP contribution >= 0.6 is 0 Å². The van der Waals surface area contributed by atoms with Crippen LogP contribution in [0, 0.1) is 18.8 Å². The predicted molar refractivity (Wildman–Crippen MR) is 165 cm³/mol. The number of rotatable bonds is 0. The van der Waals surface area contributed by atoms with E-state index in [9.17, 15) is 0 Å². The number of pyridine rings is 1. The summed E-state index contributed by atoms with van der Waals surface area (Å²) in [5.41, 5.74) is 5.03. The maximum absolute atomic E-state index is 6.38. The van der Waals surface area contributed by atoms with Crippen molar-refractivity contribution >= 4 is 54.0 Å². The number of nitrogens with zero attached hydrogens (tertiary/aromatic N) is 6. The van der Waals surface area contributed by atoms with E-state index in [4.69, 9.17) is 9.72 Å². The molecule has 5 aliphatic heterocycles. The molecule has 42 heavy (non-hydrogen) atoms. The first kappa shape index (κ1) is 25.1. The molecule has 5 aliphatic rings. The van der Waals surface area contributed by atoms with E-state index in [1.54, 1.807) is 0 Å². The summed E-state index contributed by atoms with van der Waals surface area (Å²) in [6.45, 7) is 1.95. The van der Waals surface area contributed by atoms with Gasteiger partial charge in [0.05, 0.1) is 0 Å². The number of ether oxygens (including phenoxy) is 1. The Balaban J connectivity index is 0.00000267. The molecule has 0 amide bonds. The molecule has 0 saturated carbocycles. The van der Waals surface area contributed by atoms with Crippen LogP contribution < -0.4 is 28.9 Å². The van der Waals surface area contributed by atoms with Crippen LogP contribution in [0.15, 0.2) is 121 Å². The molecule has 0 atom stereocenters. The van der Waals surface area contributed by atoms with E-state index >= 15 is 0 Å². The molecule has 8 bridgehead atoms. The van der Waals surface area contributed by atoms with Gasteiger partial charge in [0.15, 0.2) is 0 Å². The number of hydrogen-bond acceptors (Lipinski definition) is 7. The SMILES string of the molecule is [Pt].[c-]1c2cccc1N1[CH-]N(B3C=CC=CN3c3cccc(n3)N3B4C=CC=CN4c4ccc([c-]c43)O2)c2ccccc21. The van der Waals surface area contributed by atoms with Crippen LogP contribution in [0.1, 0.15) is 0 Å². The number of aromatic nitrogens is 1. The first-order valence-corrected chi connectivity index (χ1v) is 13.6. The molecule has 4 aromatic rings. The number of hydrogen-bond donors (Lipinski definition) is 0. The smallest absolute Gasteiger partial charge is 0.400 e. The summed E-state index contributed by atoms with van der Waals surface area (Å²) < 4.78 is 6.38. The molecule has 0 fully saturated rings. The third-order valence-corrected chi connectivity index (χ3v) is 7.92. The van der Waals surface area contributed by atoms with Gasteiger partial charge in [0.25, 0.3) is 0 Å². The second kappa shape index (κ2) is 9.74. The Labute approximate surface area is 259 Å². The zero-order chi connectivity index (χ0) is 26.9. The molecule has 10 heteroatoms. The molecule has 7 nitrogen and oxygen atoms in total. The van der Waals surface area contributed by atoms with Crippen LogP contribution in [0.25, 0.3) is 0 Å². The molecule has 6 heterocycles. The number of fused-ring (bicyclic) bond motifs is 18. The van der Waals surface area contributed by atoms with E-state index in [0.717, 1.165) is 40.1 Å². The van der Waals surface area contributed by atoms with Gasteiger partial charge in [-0.3, -0.25) is 0 Å². The third kappa shape index (κ3) is 3.77. The van der Waals surface area contributed by atoms with Crippen LogP contribution in [0.4, 0.5) is 40.1 Å². The quantitative estimate of drug-likeness (QED) is 0.151. The van der Waals surface area contributed by atoms with Gasteiger partial charge in [-0.05, 0) is 48.8 Å². The minimum Gasteiger partial charge on any atom is -0.524 e. The van der Waals surface area contributed by atoms with E-state index in [1.165, 1.54) is 0 Å². The maximum atomic E-state index is 6.38. The Bertz CT molecular complexity index is 1840. The molecule has 9 rings (SSSR count). The van der Waals surface area contributed by atoms with Crippen molar-refractivity contribution < 1.29 is 25.8 Å². The standard InChI is InChI=1S/C32H21B2N6O.Pt/c1-2-12-28-27(11-1)36-23-39(28)33-17-3-6-20-38(33)31-13-8-14-32(35-31)40-30-22-26(41-25-10-7-9-24(36)21-25)15-16-29(30)37-19-5-4-18-34(37)40;/h1-20,23H;/q-3;. The molecule has 1 aromatic heterocycles. The Morgan fingerprint density at radius 2 is 1.43 bits per heavy atom. The zero-order valence-electron chi connectivity index (χ0n) is 22.2. The van der Waals surface area contributed by atoms with E-state index in [1.807, 2.05) is 18.2 Å². The average molecular weight is 722 g/mol. The van der Waals surface area contributed by atoms with Crippen LogP contribution in [-0.2, 0) is 21.1 Å². The molecule has 0 N–H and O–H groups in total. The first-order valence-electron chi connectivity index (χ1n) is 13.6. The minimum absolute atomic E-state index is 0. The second-order valence-corrected chi connectivity index (χ2v) is 10.3. The van der Waals surface area contributed by atoms with Crippen molar-refractivity contribution in [1.29, 1.82) is 0 Å². The van der Waals surface area contributed by atoms with Gasteiger partial charge in [-0.1, -0.05) is 53.7 Å². The topological polar surface area (TPSA) is 38.3 Å². The van der Waals surface area contributed by atoms with Gasteiger partial charge < -0.3 is 28.9 Å². The van der Waals surface area contributed by atoms with Gasteiger partial charge in [0, 0.05) is 43.9 Å². The van der Waals surface area contributed by atoms with Gasteiger partial charge in [-0.25, -0.2) is 4.98 Å². The summed E-state index contributed by atoms with van der Waals surface area (Å²) >= 11 is 0. The summed E-state index contributed by atoms with van der Waals surface area (Å²) in [4.78, 5) is 16.3. The van der Waals surface area contributed by atoms with Crippen molar-refractivity contribution in [2.75, 3.05) is 24.1 Å². The Morgan fingerprint density at radius 1 is 0.667 bits per heavy atom. The Kier molecular flexibility index (Phi) is 5.83. The van der Waals surface area contributed by atoms with Crippen LogP contribution in [0.5, 0.6) is 11.5 Å². The van der Waals surface area contributed by atoms with E-state index in [0.29, 0.717) is 11.5 Å². The fraction of sp³-hybridized carbons (Fsp3) is 0. The molecular formula is C32H21B2N6OPt-3. The fourth-order valence-electron chi connectivity index (χ4n) is 6.12. The van der Waals surface area contributed by atoms with Crippen molar-refractivity contribution in [3.63, 3.8) is 0 Å². The monoisotopic (exact) mass is 722 g/mol. The molecule has 0 saturated heterocycles. The summed E-state index contributed by atoms with van der Waals surface area (Å²) in [6, 6.07) is 31.7. The molecule has 0 unspecified atom stereocenters. The largest absolute Gasteiger partial charge is 0.524 e. The van der Waals surface area contributed by atoms with Crippen molar-refractivity contribution in [1.82, 2.24) is 4.98 Å². The second-order valence-electron chi connectivity index (χ2n) is 10.3. The molecule has 3 aromatic carbocycles. The summed E-state index contributed by atoms with van der Waals surface area (Å²) in [7, 11) is 0. The molecule has 0 spiro atoms. The van der Waals surface area contributed by atoms with Crippen LogP contribution in [0.3, 0.4) is 0 Å². The Hall–Kier alpha value is -4.61. The van der Waals surface area contributed by atoms with Gasteiger partial charge in [-0.2, -0.15) is 12.7 Å². The summed E-state index contributed by atoms with van der Waals surface area (Å²) in [5.74, 6) is 7.29. The van der Waals surface area contributed by atoms with Gasteiger partial charge in [-0.15, -0.1) is 42.1 Å². The van der Waals surface area contributed by atoms with E-state index in [-0.39, 0.29) is 35.0 Å². The van der Waals surface area contributed by atoms with Crippen molar-refractivity contribution in [2.45, 2.75) is 0 Å². The van der Waals surface area contributed by atoms with Crippen molar-refractivity contribution in [2.24, 2.45) is 0 Å². The summed E-state index contributed by atoms with van der Waals surface area (Å²) in [6.07, 6.45) is 12.5. The predicted octanol–water partition coefficient (Wildman–Crippen LogP) is 6.55. The number of para-hydroxylation sites is 2. The van der Waals surface area contributed by atoms with E-state index in [2.05, 4.69) is 146 Å². The van der Waals surface area contributed by atoms with Gasteiger partial charge in [0.2, 0.25) is 0 Å². The average Bonchev–Trinajstić information content (AvgIpc) is 3.57.